The number of amides is 2. The molecule has 0 saturated carbocycles. The number of hydrogen-bond acceptors (Lipinski definition) is 4. The summed E-state index contributed by atoms with van der Waals surface area (Å²) in [5.41, 5.74) is 1.20. The second-order valence-electron chi connectivity index (χ2n) is 6.28. The molecule has 1 aliphatic rings. The number of hydrogen-bond donors (Lipinski definition) is 1. The molecule has 25 heavy (non-hydrogen) atoms. The number of nitrogens with zero attached hydrogens (tertiary/aromatic N) is 4. The summed E-state index contributed by atoms with van der Waals surface area (Å²) < 4.78 is 1.73. The van der Waals surface area contributed by atoms with Gasteiger partial charge in [0, 0.05) is 32.6 Å². The minimum atomic E-state index is -0.241. The lowest BCUT2D eigenvalue weighted by molar-refractivity contribution is -0.129. The molecule has 1 fully saturated rings. The number of aryl methyl sites for hydroxylation is 1. The van der Waals surface area contributed by atoms with Crippen molar-refractivity contribution >= 4 is 11.8 Å². The van der Waals surface area contributed by atoms with E-state index in [-0.39, 0.29) is 17.7 Å². The zero-order valence-electron chi connectivity index (χ0n) is 14.2. The van der Waals surface area contributed by atoms with Gasteiger partial charge in [-0.15, -0.1) is 0 Å². The summed E-state index contributed by atoms with van der Waals surface area (Å²) in [6.07, 6.45) is 5.06. The SMILES string of the molecule is O=C(NCCCn1cncn1)C1CC(=O)N(CCc2ccccc2)C1. The van der Waals surface area contributed by atoms with Gasteiger partial charge in [-0.2, -0.15) is 5.10 Å². The Morgan fingerprint density at radius 2 is 2.08 bits per heavy atom. The van der Waals surface area contributed by atoms with Crippen LogP contribution in [-0.4, -0.2) is 51.1 Å². The van der Waals surface area contributed by atoms with Gasteiger partial charge in [-0.1, -0.05) is 30.3 Å². The quantitative estimate of drug-likeness (QED) is 0.723. The third-order valence-corrected chi connectivity index (χ3v) is 4.43. The number of likely N-dealkylation sites (tertiary alicyclic amines) is 1. The van der Waals surface area contributed by atoms with Gasteiger partial charge in [0.2, 0.25) is 11.8 Å². The minimum absolute atomic E-state index is 0.0332. The van der Waals surface area contributed by atoms with Gasteiger partial charge in [0.25, 0.3) is 0 Å². The minimum Gasteiger partial charge on any atom is -0.356 e. The molecule has 2 aromatic rings. The van der Waals surface area contributed by atoms with Gasteiger partial charge in [0.15, 0.2) is 0 Å². The van der Waals surface area contributed by atoms with Crippen molar-refractivity contribution in [3.05, 3.63) is 48.5 Å². The lowest BCUT2D eigenvalue weighted by Gasteiger charge is -2.16. The predicted molar refractivity (Wildman–Crippen MR) is 92.5 cm³/mol. The van der Waals surface area contributed by atoms with Crippen molar-refractivity contribution in [2.45, 2.75) is 25.8 Å². The van der Waals surface area contributed by atoms with Crippen molar-refractivity contribution in [3.8, 4) is 0 Å². The smallest absolute Gasteiger partial charge is 0.225 e. The van der Waals surface area contributed by atoms with Crippen molar-refractivity contribution in [3.63, 3.8) is 0 Å². The first kappa shape index (κ1) is 17.1. The molecule has 1 aromatic heterocycles. The van der Waals surface area contributed by atoms with E-state index in [4.69, 9.17) is 0 Å². The molecule has 0 spiro atoms. The van der Waals surface area contributed by atoms with Crippen LogP contribution in [0, 0.1) is 5.92 Å². The van der Waals surface area contributed by atoms with Gasteiger partial charge in [-0.3, -0.25) is 14.3 Å². The average molecular weight is 341 g/mol. The lowest BCUT2D eigenvalue weighted by atomic mass is 10.1. The molecular weight excluding hydrogens is 318 g/mol. The van der Waals surface area contributed by atoms with E-state index in [2.05, 4.69) is 27.5 Å². The monoisotopic (exact) mass is 341 g/mol. The van der Waals surface area contributed by atoms with Gasteiger partial charge in [0.1, 0.15) is 12.7 Å². The maximum Gasteiger partial charge on any atom is 0.225 e. The van der Waals surface area contributed by atoms with E-state index in [0.29, 0.717) is 32.6 Å². The first-order chi connectivity index (χ1) is 12.2. The van der Waals surface area contributed by atoms with Crippen molar-refractivity contribution in [1.29, 1.82) is 0 Å². The second-order valence-corrected chi connectivity index (χ2v) is 6.28. The molecule has 1 unspecified atom stereocenters. The van der Waals surface area contributed by atoms with Crippen molar-refractivity contribution in [2.24, 2.45) is 5.92 Å². The highest BCUT2D eigenvalue weighted by Gasteiger charge is 2.33. The van der Waals surface area contributed by atoms with Crippen molar-refractivity contribution < 1.29 is 9.59 Å². The fourth-order valence-electron chi connectivity index (χ4n) is 3.02. The number of nitrogens with one attached hydrogen (secondary N) is 1. The molecule has 7 nitrogen and oxygen atoms in total. The van der Waals surface area contributed by atoms with E-state index in [1.54, 1.807) is 15.9 Å². The molecule has 7 heteroatoms. The molecule has 2 amide bonds. The largest absolute Gasteiger partial charge is 0.356 e. The zero-order valence-corrected chi connectivity index (χ0v) is 14.2. The number of aromatic nitrogens is 3. The summed E-state index contributed by atoms with van der Waals surface area (Å²) in [6, 6.07) is 10.1. The van der Waals surface area contributed by atoms with E-state index in [0.717, 1.165) is 12.8 Å². The normalized spacial score (nSPS) is 17.0. The Morgan fingerprint density at radius 3 is 2.84 bits per heavy atom. The lowest BCUT2D eigenvalue weighted by Crippen LogP contribution is -2.34. The van der Waals surface area contributed by atoms with Crippen LogP contribution in [0.3, 0.4) is 0 Å². The highest BCUT2D eigenvalue weighted by Crippen LogP contribution is 2.18. The summed E-state index contributed by atoms with van der Waals surface area (Å²) >= 11 is 0. The van der Waals surface area contributed by atoms with Gasteiger partial charge in [0.05, 0.1) is 5.92 Å². The summed E-state index contributed by atoms with van der Waals surface area (Å²) in [7, 11) is 0. The molecule has 0 aliphatic carbocycles. The van der Waals surface area contributed by atoms with Crippen LogP contribution in [-0.2, 0) is 22.6 Å². The van der Waals surface area contributed by atoms with Crippen LogP contribution in [0.25, 0.3) is 0 Å². The van der Waals surface area contributed by atoms with Crippen molar-refractivity contribution in [2.75, 3.05) is 19.6 Å². The second kappa shape index (κ2) is 8.41. The number of rotatable bonds is 8. The van der Waals surface area contributed by atoms with E-state index in [9.17, 15) is 9.59 Å². The van der Waals surface area contributed by atoms with Crippen LogP contribution in [0.5, 0.6) is 0 Å². The first-order valence-electron chi connectivity index (χ1n) is 8.64. The highest BCUT2D eigenvalue weighted by atomic mass is 16.2. The van der Waals surface area contributed by atoms with Gasteiger partial charge < -0.3 is 10.2 Å². The van der Waals surface area contributed by atoms with Gasteiger partial charge in [-0.25, -0.2) is 4.98 Å². The van der Waals surface area contributed by atoms with Crippen molar-refractivity contribution in [1.82, 2.24) is 25.0 Å². The van der Waals surface area contributed by atoms with Crippen LogP contribution < -0.4 is 5.32 Å². The van der Waals surface area contributed by atoms with Crippen LogP contribution in [0.2, 0.25) is 0 Å². The molecular formula is C18H23N5O2. The molecule has 1 N–H and O–H groups in total. The summed E-state index contributed by atoms with van der Waals surface area (Å²) in [5, 5.41) is 6.94. The Bertz CT molecular complexity index is 687. The molecule has 1 atom stereocenters. The van der Waals surface area contributed by atoms with E-state index >= 15 is 0 Å². The molecule has 1 saturated heterocycles. The summed E-state index contributed by atoms with van der Waals surface area (Å²) in [6.45, 7) is 2.47. The Hall–Kier alpha value is -2.70. The van der Waals surface area contributed by atoms with Crippen LogP contribution in [0.4, 0.5) is 0 Å². The third kappa shape index (κ3) is 4.89. The van der Waals surface area contributed by atoms with Crippen LogP contribution in [0.1, 0.15) is 18.4 Å². The molecule has 3 rings (SSSR count). The van der Waals surface area contributed by atoms with E-state index < -0.39 is 0 Å². The van der Waals surface area contributed by atoms with E-state index in [1.165, 1.54) is 11.9 Å². The maximum absolute atomic E-state index is 12.2. The topological polar surface area (TPSA) is 80.1 Å². The fraction of sp³-hybridized carbons (Fsp3) is 0.444. The molecule has 2 heterocycles. The maximum atomic E-state index is 12.2. The standard InChI is InChI=1S/C18H23N5O2/c24-17-11-16(12-22(17)10-7-15-5-2-1-3-6-15)18(25)20-8-4-9-23-14-19-13-21-23/h1-3,5-6,13-14,16H,4,7-12H2,(H,20,25). The van der Waals surface area contributed by atoms with E-state index in [1.807, 2.05) is 18.2 Å². The fourth-order valence-corrected chi connectivity index (χ4v) is 3.02. The third-order valence-electron chi connectivity index (χ3n) is 4.43. The Kier molecular flexibility index (Phi) is 5.77. The predicted octanol–water partition coefficient (Wildman–Crippen LogP) is 0.876. The Morgan fingerprint density at radius 1 is 1.24 bits per heavy atom. The molecule has 0 radical (unpaired) electrons. The molecule has 1 aliphatic heterocycles. The highest BCUT2D eigenvalue weighted by molar-refractivity contribution is 5.89. The molecule has 1 aromatic carbocycles. The van der Waals surface area contributed by atoms with Gasteiger partial charge >= 0.3 is 0 Å². The summed E-state index contributed by atoms with van der Waals surface area (Å²) in [4.78, 5) is 30.0. The zero-order chi connectivity index (χ0) is 17.5. The van der Waals surface area contributed by atoms with Crippen LogP contribution in [0.15, 0.2) is 43.0 Å². The Balaban J connectivity index is 1.38. The Labute approximate surface area is 147 Å². The number of benzene rings is 1. The average Bonchev–Trinajstić information content (AvgIpc) is 3.27. The molecule has 0 bridgehead atoms. The number of carbonyl (C=O) groups is 2. The van der Waals surface area contributed by atoms with Crippen LogP contribution >= 0.6 is 0 Å². The first-order valence-corrected chi connectivity index (χ1v) is 8.64. The molecule has 132 valence electrons. The van der Waals surface area contributed by atoms with Gasteiger partial charge in [-0.05, 0) is 18.4 Å². The summed E-state index contributed by atoms with van der Waals surface area (Å²) in [5.74, 6) is -0.206. The number of carbonyl (C=O) groups excluding carboxylic acids is 2.